The molecule has 3 aromatic heterocycles. The molecule has 8 rings (SSSR count). The van der Waals surface area contributed by atoms with Crippen molar-refractivity contribution in [1.82, 2.24) is 25.2 Å². The number of aromatic nitrogens is 3. The van der Waals surface area contributed by atoms with Crippen LogP contribution in [-0.4, -0.2) is 89.9 Å². The van der Waals surface area contributed by atoms with Gasteiger partial charge in [0, 0.05) is 47.4 Å². The van der Waals surface area contributed by atoms with Crippen LogP contribution in [0.25, 0.3) is 44.0 Å². The highest BCUT2D eigenvalue weighted by Crippen LogP contribution is 2.34. The fraction of sp³-hybridized carbons (Fsp3) is 0.239. The van der Waals surface area contributed by atoms with E-state index >= 15 is 0 Å². The second-order valence-corrected chi connectivity index (χ2v) is 14.9. The van der Waals surface area contributed by atoms with Crippen molar-refractivity contribution in [3.63, 3.8) is 0 Å². The van der Waals surface area contributed by atoms with E-state index in [-0.39, 0.29) is 41.8 Å². The molecular weight excluding hydrogens is 781 g/mol. The van der Waals surface area contributed by atoms with E-state index in [1.807, 2.05) is 60.7 Å². The van der Waals surface area contributed by atoms with Crippen molar-refractivity contribution in [2.75, 3.05) is 45.8 Å². The number of nitrogens with one attached hydrogen (secondary N) is 2. The highest BCUT2D eigenvalue weighted by atomic mass is 16.6. The number of morpholine rings is 1. The van der Waals surface area contributed by atoms with Crippen molar-refractivity contribution in [3.8, 4) is 23.0 Å². The first kappa shape index (κ1) is 41.8. The molecule has 0 saturated carbocycles. The van der Waals surface area contributed by atoms with Gasteiger partial charge in [-0.15, -0.1) is 0 Å². The molecule has 0 radical (unpaired) electrons. The lowest BCUT2D eigenvalue weighted by Gasteiger charge is -2.36. The molecule has 61 heavy (non-hydrogen) atoms. The number of benzene rings is 4. The Labute approximate surface area is 350 Å². The lowest BCUT2D eigenvalue weighted by Crippen LogP contribution is -2.54. The number of fused-ring (bicyclic) bond motifs is 3. The topological polar surface area (TPSA) is 184 Å². The summed E-state index contributed by atoms with van der Waals surface area (Å²) in [5.74, 6) is 0.812. The van der Waals surface area contributed by atoms with Crippen molar-refractivity contribution in [3.05, 3.63) is 131 Å². The maximum Gasteiger partial charge on any atom is 0.410 e. The predicted molar refractivity (Wildman–Crippen MR) is 230 cm³/mol. The minimum absolute atomic E-state index is 0.0548. The van der Waals surface area contributed by atoms with Gasteiger partial charge in [-0.2, -0.15) is 0 Å². The minimum atomic E-state index is -0.639. The van der Waals surface area contributed by atoms with E-state index in [4.69, 9.17) is 23.4 Å². The molecule has 2 N–H and O–H groups in total. The van der Waals surface area contributed by atoms with Crippen LogP contribution in [0.1, 0.15) is 41.6 Å². The van der Waals surface area contributed by atoms with Gasteiger partial charge in [0.1, 0.15) is 22.6 Å². The van der Waals surface area contributed by atoms with Crippen molar-refractivity contribution in [2.45, 2.75) is 32.4 Å². The summed E-state index contributed by atoms with van der Waals surface area (Å²) < 4.78 is 27.2. The van der Waals surface area contributed by atoms with Gasteiger partial charge in [-0.05, 0) is 80.1 Å². The summed E-state index contributed by atoms with van der Waals surface area (Å²) in [5, 5.41) is 9.00. The van der Waals surface area contributed by atoms with E-state index in [2.05, 4.69) is 25.6 Å². The number of amides is 3. The largest absolute Gasteiger partial charge is 0.496 e. The molecule has 15 heteroatoms. The molecule has 0 bridgehead atoms. The molecule has 1 aliphatic rings. The zero-order valence-electron chi connectivity index (χ0n) is 34.3. The number of nitrogens with zero attached hydrogens (tertiary/aromatic N) is 4. The third-order valence-electron chi connectivity index (χ3n) is 9.70. The van der Waals surface area contributed by atoms with Gasteiger partial charge in [0.2, 0.25) is 5.89 Å². The van der Waals surface area contributed by atoms with E-state index in [0.29, 0.717) is 30.0 Å². The Kier molecular flexibility index (Phi) is 12.5. The SMILES string of the molecule is COc1ccc(-c2nc3cccnc3c(=O)o2)c2ccccc12.COc1ccc(C(=O)Nc2cccnc2C(=O)NCC2COCCN2C(=O)OC(C)(C)C)c2ccccc12. The molecule has 7 aromatic rings. The molecule has 1 saturated heterocycles. The predicted octanol–water partition coefficient (Wildman–Crippen LogP) is 7.27. The standard InChI is InChI=1S/C28H32N4O6.C18H12N2O3/c1-28(2,3)38-27(35)32-14-15-37-17-18(32)16-30-26(34)24-22(10-7-13-29-24)31-25(33)21-11-12-23(36-4)20-9-6-5-8-19(20)21;1-22-15-9-8-13(11-5-2-3-6-12(11)15)17-20-14-7-4-10-19-16(14)18(21)23-17/h5-13,18H,14-17H2,1-4H3,(H,30,34)(H,31,33);2-10H,1H3. The molecule has 312 valence electrons. The molecule has 15 nitrogen and oxygen atoms in total. The number of ether oxygens (including phenoxy) is 4. The van der Waals surface area contributed by atoms with Crippen LogP contribution in [0.15, 0.2) is 119 Å². The molecule has 1 unspecified atom stereocenters. The second kappa shape index (κ2) is 18.3. The number of anilines is 1. The molecule has 1 atom stereocenters. The van der Waals surface area contributed by atoms with E-state index < -0.39 is 29.3 Å². The van der Waals surface area contributed by atoms with Gasteiger partial charge in [0.15, 0.2) is 11.2 Å². The zero-order valence-corrected chi connectivity index (χ0v) is 34.3. The summed E-state index contributed by atoms with van der Waals surface area (Å²) in [5.41, 5.74) is 1.10. The average molecular weight is 825 g/mol. The Morgan fingerprint density at radius 3 is 2.16 bits per heavy atom. The van der Waals surface area contributed by atoms with Gasteiger partial charge >= 0.3 is 11.7 Å². The Bertz CT molecular complexity index is 2800. The fourth-order valence-electron chi connectivity index (χ4n) is 6.87. The number of pyridine rings is 2. The Hall–Kier alpha value is -7.39. The van der Waals surface area contributed by atoms with E-state index in [9.17, 15) is 19.2 Å². The van der Waals surface area contributed by atoms with Gasteiger partial charge in [0.05, 0.1) is 39.2 Å². The van der Waals surface area contributed by atoms with Crippen LogP contribution in [0, 0.1) is 0 Å². The van der Waals surface area contributed by atoms with Gasteiger partial charge in [-0.3, -0.25) is 14.5 Å². The molecule has 0 aliphatic carbocycles. The summed E-state index contributed by atoms with van der Waals surface area (Å²) >= 11 is 0. The molecule has 0 spiro atoms. The fourth-order valence-corrected chi connectivity index (χ4v) is 6.87. The number of rotatable bonds is 8. The van der Waals surface area contributed by atoms with Gasteiger partial charge in [-0.25, -0.2) is 24.5 Å². The lowest BCUT2D eigenvalue weighted by atomic mass is 10.0. The molecule has 4 heterocycles. The van der Waals surface area contributed by atoms with Crippen LogP contribution >= 0.6 is 0 Å². The maximum absolute atomic E-state index is 13.3. The molecule has 1 aliphatic heterocycles. The third-order valence-corrected chi connectivity index (χ3v) is 9.70. The van der Waals surface area contributed by atoms with E-state index in [0.717, 1.165) is 32.9 Å². The average Bonchev–Trinajstić information content (AvgIpc) is 3.27. The van der Waals surface area contributed by atoms with Crippen LogP contribution in [-0.2, 0) is 9.47 Å². The third kappa shape index (κ3) is 9.42. The summed E-state index contributed by atoms with van der Waals surface area (Å²) in [6.45, 7) is 6.53. The minimum Gasteiger partial charge on any atom is -0.496 e. The van der Waals surface area contributed by atoms with Crippen LogP contribution in [0.4, 0.5) is 10.5 Å². The normalized spacial score (nSPS) is 13.9. The van der Waals surface area contributed by atoms with Crippen molar-refractivity contribution >= 4 is 56.2 Å². The number of methoxy groups -OCH3 is 2. The molecule has 3 amide bonds. The maximum atomic E-state index is 13.3. The first-order valence-corrected chi connectivity index (χ1v) is 19.5. The first-order valence-electron chi connectivity index (χ1n) is 19.5. The molecule has 4 aromatic carbocycles. The quantitative estimate of drug-likeness (QED) is 0.156. The summed E-state index contributed by atoms with van der Waals surface area (Å²) in [4.78, 5) is 65.4. The number of hydrogen-bond donors (Lipinski definition) is 2. The Morgan fingerprint density at radius 2 is 1.44 bits per heavy atom. The van der Waals surface area contributed by atoms with Gasteiger partial charge in [-0.1, -0.05) is 48.5 Å². The van der Waals surface area contributed by atoms with Crippen LogP contribution < -0.4 is 25.7 Å². The molecular formula is C46H44N6O9. The van der Waals surface area contributed by atoms with Crippen molar-refractivity contribution in [1.29, 1.82) is 0 Å². The van der Waals surface area contributed by atoms with Crippen LogP contribution in [0.2, 0.25) is 0 Å². The monoisotopic (exact) mass is 824 g/mol. The number of carbonyl (C=O) groups excluding carboxylic acids is 3. The first-order chi connectivity index (χ1) is 29.5. The Morgan fingerprint density at radius 1 is 0.787 bits per heavy atom. The van der Waals surface area contributed by atoms with Crippen LogP contribution in [0.5, 0.6) is 11.5 Å². The van der Waals surface area contributed by atoms with Gasteiger partial charge < -0.3 is 34.0 Å². The second-order valence-electron chi connectivity index (χ2n) is 14.9. The Balaban J connectivity index is 0.000000207. The molecule has 1 fully saturated rings. The number of hydrogen-bond acceptors (Lipinski definition) is 12. The highest BCUT2D eigenvalue weighted by Gasteiger charge is 2.32. The van der Waals surface area contributed by atoms with Gasteiger partial charge in [0.25, 0.3) is 11.8 Å². The smallest absolute Gasteiger partial charge is 0.410 e. The lowest BCUT2D eigenvalue weighted by molar-refractivity contribution is -0.0314. The van der Waals surface area contributed by atoms with E-state index in [1.54, 1.807) is 82.5 Å². The van der Waals surface area contributed by atoms with Crippen molar-refractivity contribution < 1.29 is 37.7 Å². The number of carbonyl (C=O) groups is 3. The highest BCUT2D eigenvalue weighted by molar-refractivity contribution is 6.15. The zero-order chi connectivity index (χ0) is 43.1. The summed E-state index contributed by atoms with van der Waals surface area (Å²) in [7, 11) is 3.20. The van der Waals surface area contributed by atoms with Crippen LogP contribution in [0.3, 0.4) is 0 Å². The summed E-state index contributed by atoms with van der Waals surface area (Å²) in [6, 6.07) is 28.6. The van der Waals surface area contributed by atoms with E-state index in [1.165, 1.54) is 6.20 Å². The summed E-state index contributed by atoms with van der Waals surface area (Å²) in [6.07, 6.45) is 2.56. The van der Waals surface area contributed by atoms with Crippen molar-refractivity contribution in [2.24, 2.45) is 0 Å².